The van der Waals surface area contributed by atoms with Crippen LogP contribution in [0.15, 0.2) is 41.8 Å². The summed E-state index contributed by atoms with van der Waals surface area (Å²) in [4.78, 5) is 13.8. The van der Waals surface area contributed by atoms with Gasteiger partial charge >= 0.3 is 0 Å². The summed E-state index contributed by atoms with van der Waals surface area (Å²) in [6.07, 6.45) is 1.62. The molecule has 0 spiro atoms. The van der Waals surface area contributed by atoms with Gasteiger partial charge in [-0.3, -0.25) is 9.69 Å². The highest BCUT2D eigenvalue weighted by Crippen LogP contribution is 2.19. The van der Waals surface area contributed by atoms with Crippen molar-refractivity contribution < 1.29 is 13.2 Å². The molecule has 1 aromatic rings. The van der Waals surface area contributed by atoms with Crippen LogP contribution in [-0.4, -0.2) is 62.8 Å². The van der Waals surface area contributed by atoms with Gasteiger partial charge < -0.3 is 5.32 Å². The van der Waals surface area contributed by atoms with Gasteiger partial charge in [0.1, 0.15) is 0 Å². The molecule has 0 aromatic heterocycles. The Morgan fingerprint density at radius 3 is 2.39 bits per heavy atom. The number of rotatable bonds is 6. The number of amides is 1. The lowest BCUT2D eigenvalue weighted by atomic mass is 10.3. The molecule has 0 aliphatic carbocycles. The second-order valence-corrected chi connectivity index (χ2v) is 7.60. The van der Waals surface area contributed by atoms with Crippen molar-refractivity contribution in [3.8, 4) is 0 Å². The van der Waals surface area contributed by atoms with Crippen LogP contribution in [-0.2, 0) is 14.8 Å². The third-order valence-corrected chi connectivity index (χ3v) is 5.76. The molecule has 6 nitrogen and oxygen atoms in total. The van der Waals surface area contributed by atoms with Gasteiger partial charge in [-0.1, -0.05) is 17.7 Å². The van der Waals surface area contributed by atoms with Gasteiger partial charge in [0.2, 0.25) is 15.9 Å². The standard InChI is InChI=1S/C15H20ClN3O3S/c1-2-7-17-15(20)12-18-8-10-19(11-9-18)23(21,22)14-5-3-13(16)4-6-14/h2-6H,1,7-12H2,(H,17,20). The lowest BCUT2D eigenvalue weighted by molar-refractivity contribution is -0.122. The van der Waals surface area contributed by atoms with Crippen molar-refractivity contribution in [1.82, 2.24) is 14.5 Å². The van der Waals surface area contributed by atoms with E-state index in [-0.39, 0.29) is 17.3 Å². The third kappa shape index (κ3) is 4.78. The Balaban J connectivity index is 1.92. The number of sulfonamides is 1. The molecule has 1 N–H and O–H groups in total. The van der Waals surface area contributed by atoms with Crippen LogP contribution in [0.3, 0.4) is 0 Å². The van der Waals surface area contributed by atoms with E-state index in [4.69, 9.17) is 11.6 Å². The van der Waals surface area contributed by atoms with E-state index in [0.29, 0.717) is 37.7 Å². The van der Waals surface area contributed by atoms with Gasteiger partial charge in [0.05, 0.1) is 11.4 Å². The Kier molecular flexibility index (Phi) is 6.17. The number of hydrogen-bond donors (Lipinski definition) is 1. The lowest BCUT2D eigenvalue weighted by Gasteiger charge is -2.33. The number of carbonyl (C=O) groups is 1. The average molecular weight is 358 g/mol. The molecule has 1 amide bonds. The maximum Gasteiger partial charge on any atom is 0.243 e. The minimum Gasteiger partial charge on any atom is -0.352 e. The fourth-order valence-electron chi connectivity index (χ4n) is 2.33. The van der Waals surface area contributed by atoms with E-state index in [1.165, 1.54) is 16.4 Å². The van der Waals surface area contributed by atoms with Crippen LogP contribution in [0.25, 0.3) is 0 Å². The zero-order valence-electron chi connectivity index (χ0n) is 12.7. The number of benzene rings is 1. The smallest absolute Gasteiger partial charge is 0.243 e. The maximum atomic E-state index is 12.5. The largest absolute Gasteiger partial charge is 0.352 e. The van der Waals surface area contributed by atoms with Crippen molar-refractivity contribution in [2.45, 2.75) is 4.90 Å². The molecule has 0 atom stereocenters. The first-order valence-corrected chi connectivity index (χ1v) is 9.11. The topological polar surface area (TPSA) is 69.7 Å². The molecule has 8 heteroatoms. The van der Waals surface area contributed by atoms with Gasteiger partial charge in [-0.05, 0) is 24.3 Å². The Labute approximate surface area is 141 Å². The van der Waals surface area contributed by atoms with Gasteiger partial charge in [0.25, 0.3) is 0 Å². The van der Waals surface area contributed by atoms with Crippen LogP contribution in [0, 0.1) is 0 Å². The van der Waals surface area contributed by atoms with Gasteiger partial charge in [0, 0.05) is 37.7 Å². The van der Waals surface area contributed by atoms with Crippen molar-refractivity contribution in [2.24, 2.45) is 0 Å². The fraction of sp³-hybridized carbons (Fsp3) is 0.400. The summed E-state index contributed by atoms with van der Waals surface area (Å²) in [7, 11) is -3.51. The van der Waals surface area contributed by atoms with Crippen LogP contribution in [0.1, 0.15) is 0 Å². The number of nitrogens with zero attached hydrogens (tertiary/aromatic N) is 2. The van der Waals surface area contributed by atoms with Gasteiger partial charge in [-0.2, -0.15) is 4.31 Å². The molecule has 1 aliphatic heterocycles. The summed E-state index contributed by atoms with van der Waals surface area (Å²) in [6, 6.07) is 6.14. The molecule has 2 rings (SSSR count). The number of carbonyl (C=O) groups excluding carboxylic acids is 1. The van der Waals surface area contributed by atoms with Crippen molar-refractivity contribution in [2.75, 3.05) is 39.3 Å². The molecule has 1 saturated heterocycles. The number of halogens is 1. The predicted molar refractivity (Wildman–Crippen MR) is 89.9 cm³/mol. The monoisotopic (exact) mass is 357 g/mol. The highest BCUT2D eigenvalue weighted by Gasteiger charge is 2.28. The Hall–Kier alpha value is -1.41. The SMILES string of the molecule is C=CCNC(=O)CN1CCN(S(=O)(=O)c2ccc(Cl)cc2)CC1. The zero-order valence-corrected chi connectivity index (χ0v) is 14.3. The molecular formula is C15H20ClN3O3S. The number of hydrogen-bond acceptors (Lipinski definition) is 4. The average Bonchev–Trinajstić information content (AvgIpc) is 2.54. The van der Waals surface area contributed by atoms with Gasteiger partial charge in [0.15, 0.2) is 0 Å². The Morgan fingerprint density at radius 2 is 1.83 bits per heavy atom. The highest BCUT2D eigenvalue weighted by molar-refractivity contribution is 7.89. The van der Waals surface area contributed by atoms with Crippen molar-refractivity contribution in [1.29, 1.82) is 0 Å². The summed E-state index contributed by atoms with van der Waals surface area (Å²) in [5.41, 5.74) is 0. The van der Waals surface area contributed by atoms with Crippen LogP contribution >= 0.6 is 11.6 Å². The quantitative estimate of drug-likeness (QED) is 0.769. The van der Waals surface area contributed by atoms with Crippen LogP contribution in [0.2, 0.25) is 5.02 Å². The van der Waals surface area contributed by atoms with Gasteiger partial charge in [-0.25, -0.2) is 8.42 Å². The second kappa shape index (κ2) is 7.92. The molecule has 126 valence electrons. The van der Waals surface area contributed by atoms with Crippen LogP contribution < -0.4 is 5.32 Å². The lowest BCUT2D eigenvalue weighted by Crippen LogP contribution is -2.51. The summed E-state index contributed by atoms with van der Waals surface area (Å²) in [6.45, 7) is 6.01. The van der Waals surface area contributed by atoms with E-state index in [2.05, 4.69) is 11.9 Å². The minimum atomic E-state index is -3.51. The van der Waals surface area contributed by atoms with E-state index in [0.717, 1.165) is 0 Å². The normalized spacial score (nSPS) is 16.9. The molecule has 1 aliphatic rings. The summed E-state index contributed by atoms with van der Waals surface area (Å²) >= 11 is 5.79. The van der Waals surface area contributed by atoms with E-state index in [1.54, 1.807) is 18.2 Å². The molecule has 0 bridgehead atoms. The highest BCUT2D eigenvalue weighted by atomic mass is 35.5. The Morgan fingerprint density at radius 1 is 1.22 bits per heavy atom. The fourth-order valence-corrected chi connectivity index (χ4v) is 3.88. The molecule has 1 heterocycles. The number of piperazine rings is 1. The minimum absolute atomic E-state index is 0.0843. The van der Waals surface area contributed by atoms with E-state index < -0.39 is 10.0 Å². The first kappa shape index (κ1) is 17.9. The first-order valence-electron chi connectivity index (χ1n) is 7.29. The number of nitrogens with one attached hydrogen (secondary N) is 1. The zero-order chi connectivity index (χ0) is 16.9. The first-order chi connectivity index (χ1) is 10.9. The van der Waals surface area contributed by atoms with E-state index in [9.17, 15) is 13.2 Å². The van der Waals surface area contributed by atoms with Crippen molar-refractivity contribution >= 4 is 27.5 Å². The van der Waals surface area contributed by atoms with E-state index >= 15 is 0 Å². The van der Waals surface area contributed by atoms with Crippen LogP contribution in [0.5, 0.6) is 0 Å². The molecule has 23 heavy (non-hydrogen) atoms. The molecule has 1 fully saturated rings. The predicted octanol–water partition coefficient (Wildman–Crippen LogP) is 0.949. The summed E-state index contributed by atoms with van der Waals surface area (Å²) in [5.74, 6) is -0.0843. The third-order valence-electron chi connectivity index (χ3n) is 3.59. The Bertz CT molecular complexity index is 653. The molecule has 0 radical (unpaired) electrons. The summed E-state index contributed by atoms with van der Waals surface area (Å²) < 4.78 is 26.5. The second-order valence-electron chi connectivity index (χ2n) is 5.23. The van der Waals surface area contributed by atoms with E-state index in [1.807, 2.05) is 4.90 Å². The van der Waals surface area contributed by atoms with Crippen molar-refractivity contribution in [3.63, 3.8) is 0 Å². The van der Waals surface area contributed by atoms with Gasteiger partial charge in [-0.15, -0.1) is 6.58 Å². The molecule has 0 unspecified atom stereocenters. The maximum absolute atomic E-state index is 12.5. The van der Waals surface area contributed by atoms with Crippen molar-refractivity contribution in [3.05, 3.63) is 41.9 Å². The molecule has 0 saturated carbocycles. The summed E-state index contributed by atoms with van der Waals surface area (Å²) in [5, 5.41) is 3.21. The molecular weight excluding hydrogens is 338 g/mol. The van der Waals surface area contributed by atoms with Crippen LogP contribution in [0.4, 0.5) is 0 Å². The molecule has 1 aromatic carbocycles.